The molecule has 0 atom stereocenters. The smallest absolute Gasteiger partial charge is 0.872 e. The van der Waals surface area contributed by atoms with Crippen LogP contribution in [0.25, 0.3) is 0 Å². The third-order valence-corrected chi connectivity index (χ3v) is 10.6. The number of aliphatic imine (C=N–C) groups is 4. The van der Waals surface area contributed by atoms with Crippen LogP contribution in [0.15, 0.2) is 141 Å². The molecule has 10 nitrogen and oxygen atoms in total. The van der Waals surface area contributed by atoms with Crippen LogP contribution in [0.2, 0.25) is 0 Å². The third kappa shape index (κ3) is 19.2. The van der Waals surface area contributed by atoms with Gasteiger partial charge in [-0.3, -0.25) is 20.0 Å². The summed E-state index contributed by atoms with van der Waals surface area (Å²) in [5, 5.41) is 64.9. The van der Waals surface area contributed by atoms with E-state index in [-0.39, 0.29) is 83.6 Å². The molecular formula is C60H66N6O4Zn2. The number of para-hydroxylation sites is 6. The summed E-state index contributed by atoms with van der Waals surface area (Å²) >= 11 is 0. The molecule has 0 heterocycles. The Hall–Kier alpha value is -6.57. The molecule has 0 saturated heterocycles. The summed E-state index contributed by atoms with van der Waals surface area (Å²) in [5.41, 5.74) is 7.70. The van der Waals surface area contributed by atoms with Crippen molar-refractivity contribution in [2.45, 2.75) is 119 Å². The number of nitriles is 2. The molecule has 0 unspecified atom stereocenters. The number of nitrogens with zero attached hydrogens (tertiary/aromatic N) is 6. The van der Waals surface area contributed by atoms with Crippen LogP contribution in [0, 0.1) is 22.7 Å². The van der Waals surface area contributed by atoms with Crippen LogP contribution in [0.5, 0.6) is 23.0 Å². The van der Waals surface area contributed by atoms with Gasteiger partial charge >= 0.3 is 39.0 Å². The molecule has 0 aliphatic carbocycles. The van der Waals surface area contributed by atoms with Crippen LogP contribution in [0.1, 0.15) is 141 Å². The molecule has 6 rings (SSSR count). The number of hydrogen-bond acceptors (Lipinski definition) is 10. The molecule has 0 radical (unpaired) electrons. The monoisotopic (exact) mass is 1060 g/mol. The minimum Gasteiger partial charge on any atom is -0.872 e. The second kappa shape index (κ2) is 28.5. The van der Waals surface area contributed by atoms with E-state index in [1.54, 1.807) is 73.4 Å². The van der Waals surface area contributed by atoms with Crippen molar-refractivity contribution in [2.75, 3.05) is 0 Å². The summed E-state index contributed by atoms with van der Waals surface area (Å²) in [6, 6.07) is 39.7. The summed E-state index contributed by atoms with van der Waals surface area (Å²) in [5.74, 6) is -0.171. The van der Waals surface area contributed by atoms with Crippen LogP contribution >= 0.6 is 0 Å². The fourth-order valence-electron chi connectivity index (χ4n) is 6.57. The van der Waals surface area contributed by atoms with Gasteiger partial charge in [-0.15, -0.1) is 11.5 Å². The molecule has 12 heteroatoms. The van der Waals surface area contributed by atoms with Crippen molar-refractivity contribution in [1.29, 1.82) is 10.5 Å². The summed E-state index contributed by atoms with van der Waals surface area (Å²) in [6.45, 7) is 28.0. The molecular weight excluding hydrogens is 999 g/mol. The van der Waals surface area contributed by atoms with Gasteiger partial charge in [-0.05, 0) is 90.4 Å². The first-order valence-electron chi connectivity index (χ1n) is 23.0. The van der Waals surface area contributed by atoms with Gasteiger partial charge in [0.15, 0.2) is 0 Å². The molecule has 0 bridgehead atoms. The van der Waals surface area contributed by atoms with Gasteiger partial charge in [0.2, 0.25) is 0 Å². The molecule has 0 spiro atoms. The van der Waals surface area contributed by atoms with E-state index in [0.717, 1.165) is 22.3 Å². The maximum absolute atomic E-state index is 13.2. The van der Waals surface area contributed by atoms with Crippen molar-refractivity contribution >= 4 is 47.6 Å². The number of rotatable bonds is 8. The van der Waals surface area contributed by atoms with Gasteiger partial charge in [0, 0.05) is 38.7 Å². The minimum atomic E-state index is -0.269. The summed E-state index contributed by atoms with van der Waals surface area (Å²) in [6.07, 6.45) is 6.35. The quantitative estimate of drug-likeness (QED) is 0.108. The predicted molar refractivity (Wildman–Crippen MR) is 283 cm³/mol. The fourth-order valence-corrected chi connectivity index (χ4v) is 6.57. The molecule has 0 N–H and O–H groups in total. The predicted octanol–water partition coefficient (Wildman–Crippen LogP) is 12.9. The molecule has 0 aliphatic heterocycles. The van der Waals surface area contributed by atoms with E-state index in [4.69, 9.17) is 10.5 Å². The minimum absolute atomic E-state index is 0. The molecule has 364 valence electrons. The largest absolute Gasteiger partial charge is 2.00 e. The Bertz CT molecular complexity index is 2720. The van der Waals surface area contributed by atoms with Gasteiger partial charge in [-0.25, -0.2) is 0 Å². The Labute approximate surface area is 454 Å². The Morgan fingerprint density at radius 3 is 0.847 bits per heavy atom. The van der Waals surface area contributed by atoms with Crippen LogP contribution in [0.4, 0.5) is 22.7 Å². The Balaban J connectivity index is 0.000000633. The Kier molecular flexibility index (Phi) is 25.1. The number of benzene rings is 6. The Morgan fingerprint density at radius 2 is 0.611 bits per heavy atom. The molecule has 0 amide bonds. The SMILES string of the molecule is CC#N.CC#N.CC(C)(C)c1cc(C=Nc2ccccc2N=Cc2ccccc2[O-])c([O-])c(C(C)(C)C)c1.CC(C)(C)c1cc(C=Nc2ccccc2N=Cc2ccccc2[O-])c([O-])c(C(C)(C)C)c1.[Zn+2].[Zn+2]. The maximum atomic E-state index is 13.2. The first-order chi connectivity index (χ1) is 32.8. The summed E-state index contributed by atoms with van der Waals surface area (Å²) in [4.78, 5) is 18.1. The summed E-state index contributed by atoms with van der Waals surface area (Å²) < 4.78 is 0. The first kappa shape index (κ1) is 63.4. The van der Waals surface area contributed by atoms with Crippen molar-refractivity contribution in [1.82, 2.24) is 0 Å². The number of hydrogen-bond donors (Lipinski definition) is 0. The third-order valence-electron chi connectivity index (χ3n) is 10.6. The van der Waals surface area contributed by atoms with E-state index in [2.05, 4.69) is 103 Å². The Morgan fingerprint density at radius 1 is 0.375 bits per heavy atom. The summed E-state index contributed by atoms with van der Waals surface area (Å²) in [7, 11) is 0. The fraction of sp³-hybridized carbons (Fsp3) is 0.300. The van der Waals surface area contributed by atoms with Crippen LogP contribution in [0.3, 0.4) is 0 Å². The van der Waals surface area contributed by atoms with Gasteiger partial charge < -0.3 is 20.4 Å². The van der Waals surface area contributed by atoms with Crippen LogP contribution in [-0.4, -0.2) is 24.9 Å². The molecule has 0 aromatic heterocycles. The van der Waals surface area contributed by atoms with E-state index in [9.17, 15) is 20.4 Å². The van der Waals surface area contributed by atoms with Crippen molar-refractivity contribution in [3.8, 4) is 35.1 Å². The molecule has 0 fully saturated rings. The zero-order chi connectivity index (χ0) is 52.5. The molecule has 6 aromatic carbocycles. The molecule has 72 heavy (non-hydrogen) atoms. The van der Waals surface area contributed by atoms with Gasteiger partial charge in [-0.2, -0.15) is 10.5 Å². The normalized spacial score (nSPS) is 11.5. The van der Waals surface area contributed by atoms with Crippen molar-refractivity contribution in [3.05, 3.63) is 166 Å². The van der Waals surface area contributed by atoms with E-state index < -0.39 is 0 Å². The standard InChI is InChI=1S/2C28H32N2O2.2C2H3N.2Zn/c2*1-27(2,3)21-15-20(26(32)22(16-21)28(4,5)6)18-30-24-13-9-8-12-23(24)29-17-19-11-7-10-14-25(19)31;2*1-2-3;;/h2*7-18,31-32H,1-6H3;2*1H3;;/q;;;;2*+2/p-4. The van der Waals surface area contributed by atoms with Crippen molar-refractivity contribution in [2.24, 2.45) is 20.0 Å². The van der Waals surface area contributed by atoms with Crippen molar-refractivity contribution < 1.29 is 59.4 Å². The van der Waals surface area contributed by atoms with Gasteiger partial charge in [0.05, 0.1) is 34.9 Å². The molecule has 0 aliphatic rings. The van der Waals surface area contributed by atoms with E-state index in [0.29, 0.717) is 45.0 Å². The average Bonchev–Trinajstić information content (AvgIpc) is 3.27. The van der Waals surface area contributed by atoms with Crippen LogP contribution < -0.4 is 20.4 Å². The van der Waals surface area contributed by atoms with Crippen molar-refractivity contribution in [3.63, 3.8) is 0 Å². The average molecular weight is 1070 g/mol. The molecule has 6 aromatic rings. The molecule has 0 saturated carbocycles. The van der Waals surface area contributed by atoms with E-state index >= 15 is 0 Å². The zero-order valence-electron chi connectivity index (χ0n) is 44.6. The zero-order valence-corrected chi connectivity index (χ0v) is 50.5. The first-order valence-corrected chi connectivity index (χ1v) is 23.0. The second-order valence-electron chi connectivity index (χ2n) is 20.4. The van der Waals surface area contributed by atoms with E-state index in [1.165, 1.54) is 26.0 Å². The van der Waals surface area contributed by atoms with E-state index in [1.807, 2.05) is 72.8 Å². The second-order valence-corrected chi connectivity index (χ2v) is 20.4. The topological polar surface area (TPSA) is 189 Å². The van der Waals surface area contributed by atoms with Gasteiger partial charge in [0.25, 0.3) is 0 Å². The maximum Gasteiger partial charge on any atom is 2.00 e. The van der Waals surface area contributed by atoms with Gasteiger partial charge in [-0.1, -0.05) is 192 Å². The van der Waals surface area contributed by atoms with Crippen LogP contribution in [-0.2, 0) is 60.6 Å². The van der Waals surface area contributed by atoms with Gasteiger partial charge in [0.1, 0.15) is 0 Å².